The first kappa shape index (κ1) is 29.3. The van der Waals surface area contributed by atoms with E-state index in [1.165, 1.54) is 32.0 Å². The lowest BCUT2D eigenvalue weighted by atomic mass is 9.93. The molecule has 7 nitrogen and oxygen atoms in total. The van der Waals surface area contributed by atoms with Gasteiger partial charge in [0.1, 0.15) is 11.7 Å². The average molecular weight is 580 g/mol. The summed E-state index contributed by atoms with van der Waals surface area (Å²) in [7, 11) is -1.87. The fraction of sp³-hybridized carbons (Fsp3) is 0.440. The Morgan fingerprint density at radius 1 is 1.08 bits per heavy atom. The van der Waals surface area contributed by atoms with Crippen LogP contribution in [0.4, 0.5) is 26.3 Å². The third-order valence-corrected chi connectivity index (χ3v) is 10.5. The Morgan fingerprint density at radius 3 is 2.26 bits per heavy atom. The van der Waals surface area contributed by atoms with Crippen molar-refractivity contribution < 1.29 is 46.8 Å². The largest absolute Gasteiger partial charge is 0.416 e. The molecule has 1 aliphatic heterocycles. The predicted molar refractivity (Wildman–Crippen MR) is 132 cm³/mol. The first-order valence-corrected chi connectivity index (χ1v) is 13.5. The lowest BCUT2D eigenvalue weighted by Gasteiger charge is -2.51. The van der Waals surface area contributed by atoms with Gasteiger partial charge in [-0.3, -0.25) is 0 Å². The Labute approximate surface area is 222 Å². The molecule has 0 saturated carbocycles. The molecule has 6 atom stereocenters. The summed E-state index contributed by atoms with van der Waals surface area (Å²) < 4.78 is 83.4. The van der Waals surface area contributed by atoms with E-state index in [-0.39, 0.29) is 22.6 Å². The van der Waals surface area contributed by atoms with Gasteiger partial charge in [-0.1, -0.05) is 23.4 Å². The number of halogens is 6. The van der Waals surface area contributed by atoms with Gasteiger partial charge >= 0.3 is 6.18 Å². The second-order valence-corrected chi connectivity index (χ2v) is 12.5. The lowest BCUT2D eigenvalue weighted by Crippen LogP contribution is -2.52. The van der Waals surface area contributed by atoms with Crippen molar-refractivity contribution in [3.63, 3.8) is 0 Å². The van der Waals surface area contributed by atoms with Crippen LogP contribution in [0, 0.1) is 17.5 Å². The summed E-state index contributed by atoms with van der Waals surface area (Å²) in [4.78, 5) is 0. The van der Waals surface area contributed by atoms with Gasteiger partial charge in [0.15, 0.2) is 17.5 Å². The highest BCUT2D eigenvalue weighted by atomic mass is 32.2. The van der Waals surface area contributed by atoms with E-state index in [1.54, 1.807) is 0 Å². The number of hydrogen-bond donors (Lipinski definition) is 5. The minimum atomic E-state index is -4.74. The van der Waals surface area contributed by atoms with Crippen molar-refractivity contribution in [2.75, 3.05) is 12.4 Å². The van der Waals surface area contributed by atoms with E-state index in [1.807, 2.05) is 0 Å². The molecule has 0 amide bonds. The molecule has 4 rings (SSSR count). The van der Waals surface area contributed by atoms with E-state index < -0.39 is 81.0 Å². The van der Waals surface area contributed by atoms with Crippen LogP contribution in [0.3, 0.4) is 0 Å². The summed E-state index contributed by atoms with van der Waals surface area (Å²) in [6, 6.07) is 4.88. The van der Waals surface area contributed by atoms with Crippen LogP contribution in [0.1, 0.15) is 36.3 Å². The van der Waals surface area contributed by atoms with Gasteiger partial charge in [-0.05, 0) is 37.6 Å². The maximum Gasteiger partial charge on any atom is 0.416 e. The minimum absolute atomic E-state index is 0.103. The summed E-state index contributed by atoms with van der Waals surface area (Å²) >= 11 is 0. The number of rotatable bonds is 6. The molecule has 1 fully saturated rings. The molecule has 14 heteroatoms. The minimum Gasteiger partial charge on any atom is -0.395 e. The monoisotopic (exact) mass is 579 g/mol. The molecule has 0 aliphatic carbocycles. The second kappa shape index (κ2) is 10.7. The predicted octanol–water partition coefficient (Wildman–Crippen LogP) is 3.53. The van der Waals surface area contributed by atoms with Crippen molar-refractivity contribution >= 4 is 10.9 Å². The quantitative estimate of drug-likeness (QED) is 0.174. The van der Waals surface area contributed by atoms with Gasteiger partial charge in [0.2, 0.25) is 0 Å². The number of aliphatic hydroxyl groups is 4. The van der Waals surface area contributed by atoms with Crippen LogP contribution in [-0.2, 0) is 6.18 Å². The standard InChI is InChI=1S/C25H27F6N3O4S/c1-24(2,38)23(13-5-3-4-6-14(13)25(29,30)31)39-11-18(36)21(22(37)19(39)10-35)34-9-17(32-33-34)12-7-15(26)20(28)16(27)8-12/h3-9,18-19,21-23,35-39H,10-11H2,1-2H3/t18-,19+,21-,22-,23?/m0/s1. The molecule has 1 aromatic heterocycles. The topological polar surface area (TPSA) is 112 Å². The lowest BCUT2D eigenvalue weighted by molar-refractivity contribution is -0.138. The maximum atomic E-state index is 13.9. The van der Waals surface area contributed by atoms with Gasteiger partial charge in [0.25, 0.3) is 0 Å². The van der Waals surface area contributed by atoms with Crippen molar-refractivity contribution in [3.8, 4) is 11.3 Å². The van der Waals surface area contributed by atoms with E-state index in [2.05, 4.69) is 10.3 Å². The smallest absolute Gasteiger partial charge is 0.395 e. The van der Waals surface area contributed by atoms with Crippen LogP contribution in [0.5, 0.6) is 0 Å². The zero-order valence-electron chi connectivity index (χ0n) is 20.7. The Morgan fingerprint density at radius 2 is 1.69 bits per heavy atom. The fourth-order valence-electron chi connectivity index (χ4n) is 5.17. The highest BCUT2D eigenvalue weighted by molar-refractivity contribution is 8.18. The Kier molecular flexibility index (Phi) is 8.07. The number of aliphatic hydroxyl groups excluding tert-OH is 3. The highest BCUT2D eigenvalue weighted by Crippen LogP contribution is 2.58. The van der Waals surface area contributed by atoms with E-state index >= 15 is 0 Å². The van der Waals surface area contributed by atoms with Gasteiger partial charge in [0.05, 0.1) is 36.2 Å². The summed E-state index contributed by atoms with van der Waals surface area (Å²) in [6.45, 7) is 1.99. The van der Waals surface area contributed by atoms with Crippen molar-refractivity contribution in [1.29, 1.82) is 0 Å². The zero-order valence-corrected chi connectivity index (χ0v) is 21.6. The van der Waals surface area contributed by atoms with Gasteiger partial charge in [0, 0.05) is 21.8 Å². The van der Waals surface area contributed by atoms with Crippen molar-refractivity contribution in [2.24, 2.45) is 0 Å². The Balaban J connectivity index is 1.71. The van der Waals surface area contributed by atoms with E-state index in [0.29, 0.717) is 12.1 Å². The van der Waals surface area contributed by atoms with E-state index in [9.17, 15) is 46.8 Å². The second-order valence-electron chi connectivity index (χ2n) is 9.97. The number of alkyl halides is 3. The number of benzene rings is 2. The van der Waals surface area contributed by atoms with Crippen LogP contribution in [0.2, 0.25) is 0 Å². The molecule has 39 heavy (non-hydrogen) atoms. The van der Waals surface area contributed by atoms with Crippen molar-refractivity contribution in [1.82, 2.24) is 15.0 Å². The van der Waals surface area contributed by atoms with Crippen LogP contribution < -0.4 is 0 Å². The Hall–Kier alpha value is -2.65. The molecule has 0 spiro atoms. The third kappa shape index (κ3) is 5.66. The number of thiol groups is 1. The first-order valence-electron chi connectivity index (χ1n) is 11.8. The summed E-state index contributed by atoms with van der Waals surface area (Å²) in [6.07, 6.45) is -6.54. The molecule has 2 unspecified atom stereocenters. The summed E-state index contributed by atoms with van der Waals surface area (Å²) in [5.41, 5.74) is -3.19. The maximum absolute atomic E-state index is 13.9. The molecule has 1 saturated heterocycles. The van der Waals surface area contributed by atoms with Gasteiger partial charge in [-0.25, -0.2) is 28.7 Å². The summed E-state index contributed by atoms with van der Waals surface area (Å²) in [5.74, 6) is -4.77. The number of hydrogen-bond acceptors (Lipinski definition) is 6. The van der Waals surface area contributed by atoms with Gasteiger partial charge < -0.3 is 20.4 Å². The van der Waals surface area contributed by atoms with Crippen LogP contribution in [-0.4, -0.2) is 70.8 Å². The number of nitrogens with zero attached hydrogens (tertiary/aromatic N) is 3. The molecular weight excluding hydrogens is 552 g/mol. The molecular formula is C25H27F6N3O4S. The third-order valence-electron chi connectivity index (χ3n) is 6.81. The molecule has 2 heterocycles. The average Bonchev–Trinajstić information content (AvgIpc) is 3.31. The molecule has 3 aromatic rings. The van der Waals surface area contributed by atoms with Gasteiger partial charge in [-0.2, -0.15) is 13.2 Å². The SMILES string of the molecule is CC(C)(O)C(c1ccccc1C(F)(F)F)[SH]1C[C@H](O)[C@H](n2cc(-c3cc(F)c(F)c(F)c3)nn2)[C@@H](O)[C@H]1CO. The number of aromatic nitrogens is 3. The highest BCUT2D eigenvalue weighted by Gasteiger charge is 2.50. The van der Waals surface area contributed by atoms with E-state index in [0.717, 1.165) is 16.9 Å². The van der Waals surface area contributed by atoms with E-state index in [4.69, 9.17) is 0 Å². The first-order chi connectivity index (χ1) is 18.1. The van der Waals surface area contributed by atoms with Crippen molar-refractivity contribution in [2.45, 2.75) is 54.4 Å². The van der Waals surface area contributed by atoms with Crippen molar-refractivity contribution in [3.05, 3.63) is 71.2 Å². The molecule has 0 bridgehead atoms. The fourth-order valence-corrected chi connectivity index (χ4v) is 8.86. The Bertz CT molecular complexity index is 1310. The molecule has 214 valence electrons. The molecule has 4 N–H and O–H groups in total. The normalized spacial score (nSPS) is 26.0. The van der Waals surface area contributed by atoms with Crippen LogP contribution in [0.15, 0.2) is 42.6 Å². The zero-order chi connectivity index (χ0) is 28.9. The summed E-state index contributed by atoms with van der Waals surface area (Å²) in [5, 5.41) is 49.0. The van der Waals surface area contributed by atoms with Gasteiger partial charge in [-0.15, -0.1) is 5.10 Å². The molecule has 0 radical (unpaired) electrons. The van der Waals surface area contributed by atoms with Crippen LogP contribution in [0.25, 0.3) is 11.3 Å². The molecule has 2 aromatic carbocycles. The van der Waals surface area contributed by atoms with Crippen LogP contribution >= 0.6 is 10.9 Å². The molecule has 1 aliphatic rings.